The van der Waals surface area contributed by atoms with Gasteiger partial charge in [0.15, 0.2) is 4.99 Å². The molecule has 6 aliphatic rings. The second kappa shape index (κ2) is 9.96. The van der Waals surface area contributed by atoms with E-state index in [4.69, 9.17) is 9.57 Å². The van der Waals surface area contributed by atoms with Crippen molar-refractivity contribution in [3.63, 3.8) is 0 Å². The number of thioether (sulfide) groups is 1. The number of hydrogen-bond donors (Lipinski definition) is 0. The minimum Gasteiger partial charge on any atom is -0.379 e. The van der Waals surface area contributed by atoms with Crippen LogP contribution in [0.1, 0.15) is 57.8 Å². The van der Waals surface area contributed by atoms with Gasteiger partial charge in [0, 0.05) is 57.6 Å². The maximum absolute atomic E-state index is 6.83. The lowest BCUT2D eigenvalue weighted by molar-refractivity contribution is -0.360. The van der Waals surface area contributed by atoms with Gasteiger partial charge in [0.2, 0.25) is 5.79 Å². The highest BCUT2D eigenvalue weighted by Crippen LogP contribution is 2.56. The molecule has 5 fully saturated rings. The van der Waals surface area contributed by atoms with Crippen LogP contribution in [0, 0.1) is 0 Å². The van der Waals surface area contributed by atoms with Crippen LogP contribution < -0.4 is 0 Å². The number of morpholine rings is 1. The van der Waals surface area contributed by atoms with Gasteiger partial charge in [-0.05, 0) is 57.6 Å². The molecule has 0 amide bonds. The minimum absolute atomic E-state index is 0.153. The quantitative estimate of drug-likeness (QED) is 0.598. The zero-order valence-corrected chi connectivity index (χ0v) is 21.2. The Morgan fingerprint density at radius 1 is 0.758 bits per heavy atom. The van der Waals surface area contributed by atoms with Gasteiger partial charge in [-0.3, -0.25) is 19.5 Å². The van der Waals surface area contributed by atoms with Crippen LogP contribution >= 0.6 is 11.8 Å². The first-order valence-electron chi connectivity index (χ1n) is 13.7. The summed E-state index contributed by atoms with van der Waals surface area (Å²) < 4.78 is 5.91. The monoisotopic (exact) mass is 477 g/mol. The Balaban J connectivity index is 1.55. The molecule has 2 unspecified atom stereocenters. The van der Waals surface area contributed by atoms with E-state index in [1.54, 1.807) is 0 Å². The van der Waals surface area contributed by atoms with E-state index in [1.165, 1.54) is 70.2 Å². The molecule has 0 aromatic carbocycles. The molecule has 5 heterocycles. The third-order valence-electron chi connectivity index (χ3n) is 8.79. The molecular formula is C25H43N5O2S. The van der Waals surface area contributed by atoms with Crippen LogP contribution in [0.25, 0.3) is 0 Å². The highest BCUT2D eigenvalue weighted by Gasteiger charge is 2.71. The van der Waals surface area contributed by atoms with Crippen LogP contribution in [0.2, 0.25) is 0 Å². The second-order valence-corrected chi connectivity index (χ2v) is 11.8. The lowest BCUT2D eigenvalue weighted by Gasteiger charge is -2.71. The molecule has 0 bridgehead atoms. The van der Waals surface area contributed by atoms with E-state index in [1.807, 2.05) is 0 Å². The molecule has 8 heteroatoms. The van der Waals surface area contributed by atoms with E-state index < -0.39 is 0 Å². The van der Waals surface area contributed by atoms with E-state index in [0.29, 0.717) is 6.04 Å². The van der Waals surface area contributed by atoms with E-state index in [-0.39, 0.29) is 10.8 Å². The van der Waals surface area contributed by atoms with Crippen molar-refractivity contribution in [3.8, 4) is 0 Å². The predicted octanol–water partition coefficient (Wildman–Crippen LogP) is 2.96. The zero-order chi connectivity index (χ0) is 22.1. The van der Waals surface area contributed by atoms with Crippen LogP contribution in [0.3, 0.4) is 0 Å². The topological polar surface area (TPSA) is 34.7 Å². The summed E-state index contributed by atoms with van der Waals surface area (Å²) in [6.07, 6.45) is 16.3. The molecule has 4 saturated heterocycles. The Labute approximate surface area is 204 Å². The molecular weight excluding hydrogens is 434 g/mol. The predicted molar refractivity (Wildman–Crippen MR) is 132 cm³/mol. The van der Waals surface area contributed by atoms with Gasteiger partial charge in [0.25, 0.3) is 0 Å². The van der Waals surface area contributed by atoms with Gasteiger partial charge < -0.3 is 9.64 Å². The highest BCUT2D eigenvalue weighted by molar-refractivity contribution is 8.00. The first kappa shape index (κ1) is 23.1. The number of likely N-dealkylation sites (tertiary alicyclic amines) is 1. The van der Waals surface area contributed by atoms with Crippen molar-refractivity contribution >= 4 is 11.8 Å². The van der Waals surface area contributed by atoms with Crippen LogP contribution in [-0.4, -0.2) is 113 Å². The maximum atomic E-state index is 6.83. The second-order valence-electron chi connectivity index (χ2n) is 10.5. The summed E-state index contributed by atoms with van der Waals surface area (Å²) in [5.74, 6) is 0.886. The maximum Gasteiger partial charge on any atom is 0.216 e. The van der Waals surface area contributed by atoms with Crippen LogP contribution in [0.5, 0.6) is 0 Å². The first-order valence-corrected chi connectivity index (χ1v) is 14.7. The molecule has 1 saturated carbocycles. The Kier molecular flexibility index (Phi) is 6.96. The summed E-state index contributed by atoms with van der Waals surface area (Å²) in [7, 11) is 0. The van der Waals surface area contributed by atoms with Gasteiger partial charge in [0.05, 0.1) is 19.8 Å². The lowest BCUT2D eigenvalue weighted by atomic mass is 9.88. The SMILES string of the molecule is C1=CN(C2(N3CCCCCO3)N(C3CCC3)CCSC2(N2CCCC2)N2CCOCC2)CC1. The van der Waals surface area contributed by atoms with Crippen molar-refractivity contribution in [1.29, 1.82) is 0 Å². The normalized spacial score (nSPS) is 38.6. The molecule has 5 aliphatic heterocycles. The van der Waals surface area contributed by atoms with Crippen molar-refractivity contribution in [1.82, 2.24) is 24.7 Å². The van der Waals surface area contributed by atoms with Crippen LogP contribution in [-0.2, 0) is 9.57 Å². The summed E-state index contributed by atoms with van der Waals surface area (Å²) in [6, 6.07) is 0.662. The third kappa shape index (κ3) is 3.71. The molecule has 33 heavy (non-hydrogen) atoms. The lowest BCUT2D eigenvalue weighted by Crippen LogP contribution is -2.88. The van der Waals surface area contributed by atoms with Crippen molar-refractivity contribution in [2.24, 2.45) is 0 Å². The van der Waals surface area contributed by atoms with Gasteiger partial charge in [0.1, 0.15) is 0 Å². The van der Waals surface area contributed by atoms with Gasteiger partial charge >= 0.3 is 0 Å². The first-order chi connectivity index (χ1) is 16.4. The number of ether oxygens (including phenoxy) is 1. The summed E-state index contributed by atoms with van der Waals surface area (Å²) in [5, 5.41) is 2.51. The van der Waals surface area contributed by atoms with Crippen molar-refractivity contribution < 1.29 is 9.57 Å². The summed E-state index contributed by atoms with van der Waals surface area (Å²) in [5.41, 5.74) is 0. The molecule has 7 nitrogen and oxygen atoms in total. The average Bonchev–Trinajstić information content (AvgIpc) is 3.49. The number of hydrogen-bond acceptors (Lipinski definition) is 8. The molecule has 6 rings (SSSR count). The van der Waals surface area contributed by atoms with Gasteiger partial charge in [-0.2, -0.15) is 0 Å². The zero-order valence-electron chi connectivity index (χ0n) is 20.3. The van der Waals surface area contributed by atoms with E-state index in [9.17, 15) is 0 Å². The smallest absolute Gasteiger partial charge is 0.216 e. The standard InChI is InChI=1S/C25H43N5O2S/c1-2-15-30(32-19-7-1)24(26-11-3-4-12-26)25(27-13-5-6-14-27,28-16-20-31-21-17-28)33-22-18-29(24)23-9-8-10-23/h3,11,23H,1-2,4-10,12-22H2. The molecule has 0 aromatic rings. The number of nitrogens with zero attached hydrogens (tertiary/aromatic N) is 5. The highest BCUT2D eigenvalue weighted by atomic mass is 32.2. The fraction of sp³-hybridized carbons (Fsp3) is 0.920. The van der Waals surface area contributed by atoms with Gasteiger partial charge in [-0.1, -0.05) is 12.5 Å². The van der Waals surface area contributed by atoms with Crippen molar-refractivity contribution in [3.05, 3.63) is 12.3 Å². The Morgan fingerprint density at radius 2 is 1.55 bits per heavy atom. The molecule has 0 radical (unpaired) electrons. The van der Waals surface area contributed by atoms with Crippen LogP contribution in [0.15, 0.2) is 12.3 Å². The van der Waals surface area contributed by atoms with E-state index in [2.05, 4.69) is 48.7 Å². The molecule has 186 valence electrons. The van der Waals surface area contributed by atoms with Gasteiger partial charge in [-0.15, -0.1) is 16.8 Å². The molecule has 1 aliphatic carbocycles. The Bertz CT molecular complexity index is 688. The van der Waals surface area contributed by atoms with E-state index >= 15 is 0 Å². The van der Waals surface area contributed by atoms with Gasteiger partial charge in [-0.25, -0.2) is 0 Å². The van der Waals surface area contributed by atoms with Crippen LogP contribution in [0.4, 0.5) is 0 Å². The van der Waals surface area contributed by atoms with Crippen molar-refractivity contribution in [2.45, 2.75) is 74.6 Å². The molecule has 2 atom stereocenters. The van der Waals surface area contributed by atoms with E-state index in [0.717, 1.165) is 59.0 Å². The van der Waals surface area contributed by atoms with Crippen molar-refractivity contribution in [2.75, 3.05) is 71.4 Å². The summed E-state index contributed by atoms with van der Waals surface area (Å²) >= 11 is 2.22. The molecule has 0 N–H and O–H groups in total. The molecule has 0 aromatic heterocycles. The fourth-order valence-electron chi connectivity index (χ4n) is 7.13. The Hall–Kier alpha value is -0.350. The molecule has 0 spiro atoms. The largest absolute Gasteiger partial charge is 0.379 e. The Morgan fingerprint density at radius 3 is 2.27 bits per heavy atom. The fourth-order valence-corrected chi connectivity index (χ4v) is 8.96. The minimum atomic E-state index is -0.306. The third-order valence-corrected chi connectivity index (χ3v) is 10.4. The number of hydroxylamine groups is 2. The summed E-state index contributed by atoms with van der Waals surface area (Å²) in [6.45, 7) is 10.2. The summed E-state index contributed by atoms with van der Waals surface area (Å²) in [4.78, 5) is 18.0. The average molecular weight is 478 g/mol. The number of rotatable bonds is 5.